The summed E-state index contributed by atoms with van der Waals surface area (Å²) in [5.74, 6) is 0.765. The van der Waals surface area contributed by atoms with Gasteiger partial charge in [-0.25, -0.2) is 8.91 Å². The zero-order chi connectivity index (χ0) is 17.4. The van der Waals surface area contributed by atoms with Gasteiger partial charge in [0, 0.05) is 18.0 Å². The van der Waals surface area contributed by atoms with Crippen LogP contribution in [0.3, 0.4) is 0 Å². The molecule has 0 unspecified atom stereocenters. The summed E-state index contributed by atoms with van der Waals surface area (Å²) in [6.45, 7) is 2.15. The van der Waals surface area contributed by atoms with Crippen LogP contribution in [0.1, 0.15) is 24.3 Å². The molecule has 3 aromatic rings. The van der Waals surface area contributed by atoms with Gasteiger partial charge in [-0.15, -0.1) is 0 Å². The quantitative estimate of drug-likeness (QED) is 0.739. The van der Waals surface area contributed by atoms with E-state index in [9.17, 15) is 4.39 Å². The molecule has 130 valence electrons. The Bertz CT molecular complexity index is 900. The number of likely N-dealkylation sites (tertiary alicyclic amines) is 1. The average Bonchev–Trinajstić information content (AvgIpc) is 3.07. The first-order valence-corrected chi connectivity index (χ1v) is 8.49. The van der Waals surface area contributed by atoms with Gasteiger partial charge in [-0.3, -0.25) is 0 Å². The summed E-state index contributed by atoms with van der Waals surface area (Å²) < 4.78 is 21.8. The van der Waals surface area contributed by atoms with Gasteiger partial charge in [0.25, 0.3) is 0 Å². The van der Waals surface area contributed by atoms with E-state index in [1.165, 1.54) is 11.6 Å². The monoisotopic (exact) mass is 340 g/mol. The maximum Gasteiger partial charge on any atom is 0.167 e. The minimum Gasteiger partial charge on any atom is -0.452 e. The second kappa shape index (κ2) is 6.37. The van der Waals surface area contributed by atoms with Gasteiger partial charge in [0.1, 0.15) is 5.52 Å². The molecule has 1 aliphatic heterocycles. The number of nitrogen functional groups attached to an aromatic ring is 1. The molecule has 0 radical (unpaired) electrons. The van der Waals surface area contributed by atoms with Crippen molar-refractivity contribution in [3.05, 3.63) is 54.1 Å². The molecule has 1 fully saturated rings. The maximum atomic E-state index is 14.1. The predicted octanol–water partition coefficient (Wildman–Crippen LogP) is 3.66. The highest BCUT2D eigenvalue weighted by Gasteiger charge is 2.21. The van der Waals surface area contributed by atoms with Crippen molar-refractivity contribution in [2.24, 2.45) is 0 Å². The standard InChI is InChI=1S/C19H21FN4O/c1-23-8-5-13(6-9-23)14-10-19(17-4-7-22-24(17)12-14)25-18-3-2-15(21)11-16(18)20/h2-4,7,10-13H,5-6,8-9,21H2,1H3. The number of nitrogens with two attached hydrogens (primary N) is 1. The van der Waals surface area contributed by atoms with Crippen molar-refractivity contribution >= 4 is 11.2 Å². The second-order valence-electron chi connectivity index (χ2n) is 6.67. The van der Waals surface area contributed by atoms with E-state index < -0.39 is 5.82 Å². The Morgan fingerprint density at radius 2 is 1.96 bits per heavy atom. The van der Waals surface area contributed by atoms with Crippen molar-refractivity contribution < 1.29 is 9.13 Å². The van der Waals surface area contributed by atoms with Crippen LogP contribution in [-0.4, -0.2) is 34.7 Å². The van der Waals surface area contributed by atoms with Gasteiger partial charge >= 0.3 is 0 Å². The van der Waals surface area contributed by atoms with E-state index in [4.69, 9.17) is 10.5 Å². The van der Waals surface area contributed by atoms with Crippen LogP contribution in [0.2, 0.25) is 0 Å². The maximum absolute atomic E-state index is 14.1. The number of halogens is 1. The van der Waals surface area contributed by atoms with E-state index in [1.54, 1.807) is 22.8 Å². The number of pyridine rings is 1. The summed E-state index contributed by atoms with van der Waals surface area (Å²) in [6.07, 6.45) is 5.97. The predicted molar refractivity (Wildman–Crippen MR) is 95.6 cm³/mol. The number of hydrogen-bond acceptors (Lipinski definition) is 4. The van der Waals surface area contributed by atoms with E-state index in [0.717, 1.165) is 31.4 Å². The summed E-state index contributed by atoms with van der Waals surface area (Å²) in [7, 11) is 2.14. The molecule has 0 bridgehead atoms. The highest BCUT2D eigenvalue weighted by Crippen LogP contribution is 2.34. The molecular formula is C19H21FN4O. The molecule has 0 aliphatic carbocycles. The SMILES string of the molecule is CN1CCC(c2cc(Oc3ccc(N)cc3F)c3ccnn3c2)CC1. The Balaban J connectivity index is 1.71. The summed E-state index contributed by atoms with van der Waals surface area (Å²) >= 11 is 0. The molecule has 1 aromatic carbocycles. The molecule has 4 rings (SSSR count). The summed E-state index contributed by atoms with van der Waals surface area (Å²) in [5, 5.41) is 4.34. The highest BCUT2D eigenvalue weighted by molar-refractivity contribution is 5.61. The number of piperidine rings is 1. The Morgan fingerprint density at radius 1 is 1.16 bits per heavy atom. The third-order valence-corrected chi connectivity index (χ3v) is 4.86. The van der Waals surface area contributed by atoms with Crippen LogP contribution < -0.4 is 10.5 Å². The third kappa shape index (κ3) is 3.17. The fraction of sp³-hybridized carbons (Fsp3) is 0.316. The smallest absolute Gasteiger partial charge is 0.167 e. The van der Waals surface area contributed by atoms with Crippen molar-refractivity contribution in [2.45, 2.75) is 18.8 Å². The van der Waals surface area contributed by atoms with Crippen molar-refractivity contribution in [3.63, 3.8) is 0 Å². The molecule has 2 N–H and O–H groups in total. The zero-order valence-electron chi connectivity index (χ0n) is 14.2. The minimum atomic E-state index is -0.470. The van der Waals surface area contributed by atoms with Crippen molar-refractivity contribution in [1.82, 2.24) is 14.5 Å². The van der Waals surface area contributed by atoms with Crippen LogP contribution in [0.15, 0.2) is 42.7 Å². The van der Waals surface area contributed by atoms with Crippen LogP contribution in [0, 0.1) is 5.82 Å². The number of hydrogen-bond donors (Lipinski definition) is 1. The zero-order valence-corrected chi connectivity index (χ0v) is 14.2. The van der Waals surface area contributed by atoms with E-state index in [2.05, 4.69) is 23.2 Å². The summed E-state index contributed by atoms with van der Waals surface area (Å²) in [6, 6.07) is 8.34. The number of aromatic nitrogens is 2. The van der Waals surface area contributed by atoms with E-state index in [-0.39, 0.29) is 5.75 Å². The lowest BCUT2D eigenvalue weighted by atomic mass is 9.90. The van der Waals surface area contributed by atoms with Gasteiger partial charge < -0.3 is 15.4 Å². The first-order chi connectivity index (χ1) is 12.1. The lowest BCUT2D eigenvalue weighted by molar-refractivity contribution is 0.255. The molecular weight excluding hydrogens is 319 g/mol. The number of ether oxygens (including phenoxy) is 1. The van der Waals surface area contributed by atoms with Gasteiger partial charge in [-0.2, -0.15) is 5.10 Å². The molecule has 2 aromatic heterocycles. The Kier molecular flexibility index (Phi) is 4.05. The molecule has 0 saturated carbocycles. The fourth-order valence-corrected chi connectivity index (χ4v) is 3.38. The molecule has 1 saturated heterocycles. The topological polar surface area (TPSA) is 55.8 Å². The molecule has 6 heteroatoms. The van der Waals surface area contributed by atoms with Crippen molar-refractivity contribution in [3.8, 4) is 11.5 Å². The molecule has 0 atom stereocenters. The molecule has 0 spiro atoms. The Morgan fingerprint density at radius 3 is 2.72 bits per heavy atom. The summed E-state index contributed by atoms with van der Waals surface area (Å²) in [4.78, 5) is 2.34. The molecule has 0 amide bonds. The highest BCUT2D eigenvalue weighted by atomic mass is 19.1. The molecule has 5 nitrogen and oxygen atoms in total. The van der Waals surface area contributed by atoms with Gasteiger partial charge in [-0.1, -0.05) is 0 Å². The number of nitrogens with zero attached hydrogens (tertiary/aromatic N) is 3. The lowest BCUT2D eigenvalue weighted by Gasteiger charge is -2.29. The van der Waals surface area contributed by atoms with E-state index >= 15 is 0 Å². The van der Waals surface area contributed by atoms with E-state index in [0.29, 0.717) is 17.4 Å². The molecule has 1 aliphatic rings. The third-order valence-electron chi connectivity index (χ3n) is 4.86. The first kappa shape index (κ1) is 15.9. The second-order valence-corrected chi connectivity index (χ2v) is 6.67. The van der Waals surface area contributed by atoms with Crippen LogP contribution in [0.25, 0.3) is 5.52 Å². The normalized spacial score (nSPS) is 16.4. The minimum absolute atomic E-state index is 0.165. The Labute approximate surface area is 145 Å². The van der Waals surface area contributed by atoms with E-state index in [1.807, 2.05) is 12.1 Å². The van der Waals surface area contributed by atoms with Crippen molar-refractivity contribution in [1.29, 1.82) is 0 Å². The fourth-order valence-electron chi connectivity index (χ4n) is 3.38. The van der Waals surface area contributed by atoms with Crippen LogP contribution >= 0.6 is 0 Å². The van der Waals surface area contributed by atoms with Crippen LogP contribution in [0.4, 0.5) is 10.1 Å². The van der Waals surface area contributed by atoms with Gasteiger partial charge in [0.15, 0.2) is 17.3 Å². The summed E-state index contributed by atoms with van der Waals surface area (Å²) in [5.41, 5.74) is 7.98. The van der Waals surface area contributed by atoms with Crippen molar-refractivity contribution in [2.75, 3.05) is 25.9 Å². The first-order valence-electron chi connectivity index (χ1n) is 8.49. The lowest BCUT2D eigenvalue weighted by Crippen LogP contribution is -2.29. The number of anilines is 1. The van der Waals surface area contributed by atoms with Gasteiger partial charge in [-0.05, 0) is 68.7 Å². The van der Waals surface area contributed by atoms with Crippen LogP contribution in [0.5, 0.6) is 11.5 Å². The number of fused-ring (bicyclic) bond motifs is 1. The Hall–Kier alpha value is -2.60. The number of benzene rings is 1. The number of rotatable bonds is 3. The molecule has 3 heterocycles. The largest absolute Gasteiger partial charge is 0.452 e. The van der Waals surface area contributed by atoms with Crippen LogP contribution in [-0.2, 0) is 0 Å². The van der Waals surface area contributed by atoms with Gasteiger partial charge in [0.2, 0.25) is 0 Å². The van der Waals surface area contributed by atoms with Gasteiger partial charge in [0.05, 0.1) is 6.20 Å². The molecule has 25 heavy (non-hydrogen) atoms. The average molecular weight is 340 g/mol.